The van der Waals surface area contributed by atoms with Gasteiger partial charge in [0.15, 0.2) is 0 Å². The zero-order valence-electron chi connectivity index (χ0n) is 14.4. The van der Waals surface area contributed by atoms with Crippen LogP contribution in [0.5, 0.6) is 0 Å². The van der Waals surface area contributed by atoms with Crippen molar-refractivity contribution >= 4 is 23.2 Å². The van der Waals surface area contributed by atoms with Gasteiger partial charge >= 0.3 is 0 Å². The van der Waals surface area contributed by atoms with Gasteiger partial charge in [-0.25, -0.2) is 0 Å². The summed E-state index contributed by atoms with van der Waals surface area (Å²) in [5.74, 6) is -0.405. The fourth-order valence-electron chi connectivity index (χ4n) is 2.62. The maximum absolute atomic E-state index is 12.7. The number of amides is 2. The van der Waals surface area contributed by atoms with Crippen LogP contribution in [0.25, 0.3) is 0 Å². The Kier molecular flexibility index (Phi) is 7.85. The molecule has 1 fully saturated rings. The molecule has 2 rings (SSSR count). The van der Waals surface area contributed by atoms with Crippen molar-refractivity contribution in [2.24, 2.45) is 0 Å². The average Bonchev–Trinajstić information content (AvgIpc) is 3.17. The van der Waals surface area contributed by atoms with E-state index < -0.39 is 6.04 Å². The minimum absolute atomic E-state index is 0.159. The molecule has 1 saturated heterocycles. The van der Waals surface area contributed by atoms with Gasteiger partial charge in [-0.05, 0) is 18.4 Å². The van der Waals surface area contributed by atoms with Crippen LogP contribution < -0.4 is 5.32 Å². The first-order valence-corrected chi connectivity index (χ1v) is 9.30. The molecule has 0 bridgehead atoms. The van der Waals surface area contributed by atoms with Crippen molar-refractivity contribution in [3.05, 3.63) is 22.4 Å². The van der Waals surface area contributed by atoms with Crippen LogP contribution in [0.4, 0.5) is 0 Å². The smallest absolute Gasteiger partial charge is 0.261 e. The summed E-state index contributed by atoms with van der Waals surface area (Å²) in [6.45, 7) is 6.46. The molecule has 0 radical (unpaired) electrons. The predicted octanol–water partition coefficient (Wildman–Crippen LogP) is 0.941. The molecular formula is C17H24N4O3S. The Bertz CT molecular complexity index is 594. The second-order valence-electron chi connectivity index (χ2n) is 5.86. The van der Waals surface area contributed by atoms with E-state index >= 15 is 0 Å². The summed E-state index contributed by atoms with van der Waals surface area (Å²) in [4.78, 5) is 29.3. The standard InChI is InChI=1S/C17H24N4O3S/c1-14(19-16(22)15-4-2-13-25-15)17(23)21(6-3-5-18)8-7-20-9-11-24-12-10-20/h2,4,13-14H,3,6-12H2,1H3,(H,19,22). The topological polar surface area (TPSA) is 85.7 Å². The van der Waals surface area contributed by atoms with Crippen LogP contribution in [0.3, 0.4) is 0 Å². The van der Waals surface area contributed by atoms with E-state index in [4.69, 9.17) is 10.00 Å². The number of carbonyl (C=O) groups is 2. The van der Waals surface area contributed by atoms with Crippen molar-refractivity contribution in [2.45, 2.75) is 19.4 Å². The Hall–Kier alpha value is -1.95. The van der Waals surface area contributed by atoms with E-state index in [9.17, 15) is 9.59 Å². The molecule has 8 heteroatoms. The molecule has 1 aliphatic rings. The molecule has 0 saturated carbocycles. The third kappa shape index (κ3) is 6.12. The minimum atomic E-state index is -0.627. The van der Waals surface area contributed by atoms with E-state index in [2.05, 4.69) is 16.3 Å². The molecule has 1 aromatic rings. The van der Waals surface area contributed by atoms with Crippen molar-refractivity contribution in [2.75, 3.05) is 45.9 Å². The predicted molar refractivity (Wildman–Crippen MR) is 95.3 cm³/mol. The second kappa shape index (κ2) is 10.1. The average molecular weight is 364 g/mol. The number of hydrogen-bond donors (Lipinski definition) is 1. The highest BCUT2D eigenvalue weighted by atomic mass is 32.1. The Labute approximate surface area is 152 Å². The molecule has 1 unspecified atom stereocenters. The van der Waals surface area contributed by atoms with Crippen LogP contribution in [-0.4, -0.2) is 73.6 Å². The summed E-state index contributed by atoms with van der Waals surface area (Å²) >= 11 is 1.34. The van der Waals surface area contributed by atoms with Crippen LogP contribution >= 0.6 is 11.3 Å². The van der Waals surface area contributed by atoms with Gasteiger partial charge in [0.25, 0.3) is 5.91 Å². The van der Waals surface area contributed by atoms with Gasteiger partial charge in [0.1, 0.15) is 6.04 Å². The lowest BCUT2D eigenvalue weighted by Gasteiger charge is -2.31. The molecule has 25 heavy (non-hydrogen) atoms. The highest BCUT2D eigenvalue weighted by Crippen LogP contribution is 2.09. The van der Waals surface area contributed by atoms with E-state index in [1.165, 1.54) is 11.3 Å². The molecule has 2 heterocycles. The Morgan fingerprint density at radius 1 is 1.44 bits per heavy atom. The van der Waals surface area contributed by atoms with E-state index in [0.717, 1.165) is 19.6 Å². The summed E-state index contributed by atoms with van der Waals surface area (Å²) in [6.07, 6.45) is 0.278. The SMILES string of the molecule is CC(NC(=O)c1cccs1)C(=O)N(CCC#N)CCN1CCOCC1. The molecule has 0 aromatic carbocycles. The summed E-state index contributed by atoms with van der Waals surface area (Å²) in [7, 11) is 0. The van der Waals surface area contributed by atoms with Gasteiger partial charge in [-0.2, -0.15) is 5.26 Å². The van der Waals surface area contributed by atoms with E-state index in [0.29, 0.717) is 31.2 Å². The van der Waals surface area contributed by atoms with Crippen LogP contribution in [0.15, 0.2) is 17.5 Å². The number of nitrogens with zero attached hydrogens (tertiary/aromatic N) is 3. The first-order valence-electron chi connectivity index (χ1n) is 8.42. The number of morpholine rings is 1. The van der Waals surface area contributed by atoms with Crippen molar-refractivity contribution < 1.29 is 14.3 Å². The number of nitrogens with one attached hydrogen (secondary N) is 1. The molecule has 1 N–H and O–H groups in total. The molecule has 1 aromatic heterocycles. The number of rotatable bonds is 8. The third-order valence-electron chi connectivity index (χ3n) is 4.06. The quantitative estimate of drug-likeness (QED) is 0.742. The Morgan fingerprint density at radius 3 is 2.84 bits per heavy atom. The number of ether oxygens (including phenoxy) is 1. The fraction of sp³-hybridized carbons (Fsp3) is 0.588. The number of thiophene rings is 1. The molecule has 136 valence electrons. The van der Waals surface area contributed by atoms with Crippen LogP contribution in [-0.2, 0) is 9.53 Å². The lowest BCUT2D eigenvalue weighted by atomic mass is 10.2. The van der Waals surface area contributed by atoms with Crippen molar-refractivity contribution in [3.8, 4) is 6.07 Å². The second-order valence-corrected chi connectivity index (χ2v) is 6.81. The van der Waals surface area contributed by atoms with Crippen LogP contribution in [0, 0.1) is 11.3 Å². The minimum Gasteiger partial charge on any atom is -0.379 e. The maximum Gasteiger partial charge on any atom is 0.261 e. The monoisotopic (exact) mass is 364 g/mol. The molecule has 1 aliphatic heterocycles. The molecule has 7 nitrogen and oxygen atoms in total. The fourth-order valence-corrected chi connectivity index (χ4v) is 3.24. The van der Waals surface area contributed by atoms with Gasteiger partial charge in [-0.15, -0.1) is 11.3 Å². The van der Waals surface area contributed by atoms with Gasteiger partial charge in [-0.1, -0.05) is 6.07 Å². The maximum atomic E-state index is 12.7. The third-order valence-corrected chi connectivity index (χ3v) is 4.93. The van der Waals surface area contributed by atoms with Gasteiger partial charge < -0.3 is 15.0 Å². The van der Waals surface area contributed by atoms with Gasteiger partial charge in [0, 0.05) is 32.7 Å². The van der Waals surface area contributed by atoms with E-state index in [-0.39, 0.29) is 18.2 Å². The summed E-state index contributed by atoms with van der Waals surface area (Å²) in [5, 5.41) is 13.4. The van der Waals surface area contributed by atoms with Gasteiger partial charge in [0.2, 0.25) is 5.91 Å². The molecule has 0 spiro atoms. The summed E-state index contributed by atoms with van der Waals surface area (Å²) < 4.78 is 5.32. The van der Waals surface area contributed by atoms with Crippen molar-refractivity contribution in [1.29, 1.82) is 5.26 Å². The number of nitriles is 1. The summed E-state index contributed by atoms with van der Waals surface area (Å²) in [6, 6.07) is 4.98. The molecular weight excluding hydrogens is 340 g/mol. The first kappa shape index (κ1) is 19.4. The first-order chi connectivity index (χ1) is 12.1. The van der Waals surface area contributed by atoms with Gasteiger partial charge in [0.05, 0.1) is 30.6 Å². The lowest BCUT2D eigenvalue weighted by molar-refractivity contribution is -0.133. The van der Waals surface area contributed by atoms with Gasteiger partial charge in [-0.3, -0.25) is 14.5 Å². The van der Waals surface area contributed by atoms with Crippen LogP contribution in [0.1, 0.15) is 23.0 Å². The van der Waals surface area contributed by atoms with Crippen LogP contribution in [0.2, 0.25) is 0 Å². The number of hydrogen-bond acceptors (Lipinski definition) is 6. The zero-order chi connectivity index (χ0) is 18.1. The largest absolute Gasteiger partial charge is 0.379 e. The van der Waals surface area contributed by atoms with Crippen molar-refractivity contribution in [3.63, 3.8) is 0 Å². The normalized spacial score (nSPS) is 16.0. The van der Waals surface area contributed by atoms with E-state index in [1.807, 2.05) is 5.38 Å². The number of carbonyl (C=O) groups excluding carboxylic acids is 2. The Balaban J connectivity index is 1.89. The highest BCUT2D eigenvalue weighted by molar-refractivity contribution is 7.12. The zero-order valence-corrected chi connectivity index (χ0v) is 15.3. The Morgan fingerprint density at radius 2 is 2.20 bits per heavy atom. The van der Waals surface area contributed by atoms with Crippen molar-refractivity contribution in [1.82, 2.24) is 15.1 Å². The molecule has 0 aliphatic carbocycles. The summed E-state index contributed by atoms with van der Waals surface area (Å²) in [5.41, 5.74) is 0. The lowest BCUT2D eigenvalue weighted by Crippen LogP contribution is -2.50. The molecule has 2 amide bonds. The highest BCUT2D eigenvalue weighted by Gasteiger charge is 2.23. The molecule has 1 atom stereocenters. The van der Waals surface area contributed by atoms with E-state index in [1.54, 1.807) is 24.0 Å².